The number of anilines is 2. The Morgan fingerprint density at radius 3 is 3.04 bits per heavy atom. The molecule has 6 nitrogen and oxygen atoms in total. The van der Waals surface area contributed by atoms with Crippen molar-refractivity contribution in [1.29, 1.82) is 0 Å². The summed E-state index contributed by atoms with van der Waals surface area (Å²) < 4.78 is 6.29. The zero-order valence-corrected chi connectivity index (χ0v) is 15.0. The topological polar surface area (TPSA) is 76.1 Å². The number of amides is 1. The molecule has 1 amide bonds. The van der Waals surface area contributed by atoms with E-state index in [1.807, 2.05) is 30.3 Å². The zero-order chi connectivity index (χ0) is 17.4. The molecule has 7 heteroatoms. The minimum absolute atomic E-state index is 0.0141. The molecule has 1 aliphatic heterocycles. The van der Waals surface area contributed by atoms with Gasteiger partial charge in [0.1, 0.15) is 11.3 Å². The van der Waals surface area contributed by atoms with Crippen molar-refractivity contribution >= 4 is 44.2 Å². The van der Waals surface area contributed by atoms with Gasteiger partial charge in [0.25, 0.3) is 5.91 Å². The fraction of sp³-hybridized carbons (Fsp3) is 0.167. The lowest BCUT2D eigenvalue weighted by molar-refractivity contribution is -0.118. The van der Waals surface area contributed by atoms with Crippen molar-refractivity contribution in [3.05, 3.63) is 52.8 Å². The normalized spacial score (nSPS) is 14.4. The molecule has 1 aromatic carbocycles. The van der Waals surface area contributed by atoms with Gasteiger partial charge in [0.05, 0.1) is 16.9 Å². The van der Waals surface area contributed by atoms with Crippen molar-refractivity contribution < 1.29 is 9.53 Å². The quantitative estimate of drug-likeness (QED) is 0.699. The summed E-state index contributed by atoms with van der Waals surface area (Å²) in [5.41, 5.74) is 4.27. The highest BCUT2D eigenvalue weighted by Crippen LogP contribution is 2.32. The smallest absolute Gasteiger partial charge is 0.262 e. The van der Waals surface area contributed by atoms with Gasteiger partial charge in [-0.1, -0.05) is 6.07 Å². The van der Waals surface area contributed by atoms with Crippen LogP contribution in [0, 0.1) is 0 Å². The molecule has 126 valence electrons. The van der Waals surface area contributed by atoms with Crippen LogP contribution in [0.4, 0.5) is 11.4 Å². The molecule has 1 aliphatic rings. The summed E-state index contributed by atoms with van der Waals surface area (Å²) in [5, 5.41) is 6.30. The summed E-state index contributed by atoms with van der Waals surface area (Å²) in [6.45, 7) is 2.11. The number of rotatable bonds is 3. The lowest BCUT2D eigenvalue weighted by atomic mass is 10.1. The maximum Gasteiger partial charge on any atom is 0.262 e. The summed E-state index contributed by atoms with van der Waals surface area (Å²) in [6.07, 6.45) is 3.51. The molecule has 0 fully saturated rings. The molecule has 0 aliphatic carbocycles. The monoisotopic (exact) mass is 398 g/mol. The van der Waals surface area contributed by atoms with Gasteiger partial charge in [-0.15, -0.1) is 0 Å². The molecule has 1 unspecified atom stereocenters. The first kappa shape index (κ1) is 15.8. The number of nitrogens with one attached hydrogen (secondary N) is 2. The van der Waals surface area contributed by atoms with Crippen LogP contribution in [0.25, 0.3) is 11.0 Å². The molecule has 0 spiro atoms. The van der Waals surface area contributed by atoms with E-state index in [2.05, 4.69) is 43.5 Å². The number of aromatic nitrogens is 2. The molecule has 4 rings (SSSR count). The van der Waals surface area contributed by atoms with Crippen LogP contribution in [0.2, 0.25) is 0 Å². The number of carbonyl (C=O) groups is 1. The average Bonchev–Trinajstić information content (AvgIpc) is 2.61. The predicted molar refractivity (Wildman–Crippen MR) is 99.8 cm³/mol. The van der Waals surface area contributed by atoms with Crippen LogP contribution in [0.1, 0.15) is 18.5 Å². The molecule has 0 saturated carbocycles. The van der Waals surface area contributed by atoms with Gasteiger partial charge in [-0.2, -0.15) is 0 Å². The Hall–Kier alpha value is -2.67. The summed E-state index contributed by atoms with van der Waals surface area (Å²) in [6, 6.07) is 9.65. The Balaban J connectivity index is 1.63. The van der Waals surface area contributed by atoms with Crippen molar-refractivity contribution in [3.63, 3.8) is 0 Å². The summed E-state index contributed by atoms with van der Waals surface area (Å²) in [7, 11) is 0. The van der Waals surface area contributed by atoms with E-state index in [1.54, 1.807) is 12.4 Å². The average molecular weight is 399 g/mol. The van der Waals surface area contributed by atoms with Gasteiger partial charge >= 0.3 is 0 Å². The van der Waals surface area contributed by atoms with Crippen LogP contribution >= 0.6 is 15.9 Å². The van der Waals surface area contributed by atoms with Gasteiger partial charge in [0, 0.05) is 22.9 Å². The van der Waals surface area contributed by atoms with Gasteiger partial charge in [-0.05, 0) is 52.7 Å². The van der Waals surface area contributed by atoms with Crippen LogP contribution < -0.4 is 15.4 Å². The number of pyridine rings is 2. The van der Waals surface area contributed by atoms with Gasteiger partial charge in [0.15, 0.2) is 6.61 Å². The number of benzene rings is 1. The van der Waals surface area contributed by atoms with E-state index < -0.39 is 0 Å². The maximum atomic E-state index is 11.5. The third kappa shape index (κ3) is 3.15. The second-order valence-electron chi connectivity index (χ2n) is 5.84. The van der Waals surface area contributed by atoms with E-state index in [1.165, 1.54) is 0 Å². The first-order valence-electron chi connectivity index (χ1n) is 7.83. The number of carbonyl (C=O) groups excluding carboxylic acids is 1. The van der Waals surface area contributed by atoms with Crippen LogP contribution in [-0.2, 0) is 4.79 Å². The Labute approximate surface area is 152 Å². The van der Waals surface area contributed by atoms with Crippen molar-refractivity contribution in [2.75, 3.05) is 17.2 Å². The summed E-state index contributed by atoms with van der Waals surface area (Å²) >= 11 is 3.42. The van der Waals surface area contributed by atoms with Gasteiger partial charge in [-0.25, -0.2) is 0 Å². The third-order valence-electron chi connectivity index (χ3n) is 4.05. The number of fused-ring (bicyclic) bond motifs is 2. The van der Waals surface area contributed by atoms with Crippen LogP contribution in [-0.4, -0.2) is 22.5 Å². The standard InChI is InChI=1S/C18H15BrN4O2/c1-10(11-2-3-16-14(6-11)23-17(24)9-25-16)22-13-4-5-20-15-7-12(19)8-21-18(13)15/h2-8,10H,9H2,1H3,(H,20,22)(H,23,24). The molecule has 25 heavy (non-hydrogen) atoms. The molecule has 1 atom stereocenters. The minimum Gasteiger partial charge on any atom is -0.482 e. The molecule has 0 saturated heterocycles. The molecule has 0 bridgehead atoms. The van der Waals surface area contributed by atoms with Crippen molar-refractivity contribution in [3.8, 4) is 5.75 Å². The van der Waals surface area contributed by atoms with E-state index in [4.69, 9.17) is 4.74 Å². The van der Waals surface area contributed by atoms with Gasteiger partial charge < -0.3 is 15.4 Å². The number of halogens is 1. The Bertz CT molecular complexity index is 976. The number of nitrogens with zero attached hydrogens (tertiary/aromatic N) is 2. The second kappa shape index (κ2) is 6.33. The highest BCUT2D eigenvalue weighted by molar-refractivity contribution is 9.10. The predicted octanol–water partition coefficient (Wildman–Crippen LogP) is 3.90. The summed E-state index contributed by atoms with van der Waals surface area (Å²) in [4.78, 5) is 20.3. The Morgan fingerprint density at radius 1 is 1.28 bits per heavy atom. The number of ether oxygens (including phenoxy) is 1. The number of hydrogen-bond acceptors (Lipinski definition) is 5. The van der Waals surface area contributed by atoms with E-state index in [0.717, 1.165) is 26.8 Å². The number of hydrogen-bond donors (Lipinski definition) is 2. The fourth-order valence-electron chi connectivity index (χ4n) is 2.81. The Morgan fingerprint density at radius 2 is 2.16 bits per heavy atom. The van der Waals surface area contributed by atoms with Crippen LogP contribution in [0.3, 0.4) is 0 Å². The van der Waals surface area contributed by atoms with Crippen LogP contribution in [0.15, 0.2) is 47.2 Å². The zero-order valence-electron chi connectivity index (χ0n) is 13.4. The highest BCUT2D eigenvalue weighted by atomic mass is 79.9. The Kier molecular flexibility index (Phi) is 4.01. The van der Waals surface area contributed by atoms with Gasteiger partial charge in [0.2, 0.25) is 0 Å². The molecule has 2 N–H and O–H groups in total. The first-order chi connectivity index (χ1) is 12.1. The molecule has 0 radical (unpaired) electrons. The maximum absolute atomic E-state index is 11.5. The van der Waals surface area contributed by atoms with E-state index in [-0.39, 0.29) is 18.6 Å². The second-order valence-corrected chi connectivity index (χ2v) is 6.75. The molecular weight excluding hydrogens is 384 g/mol. The summed E-state index contributed by atoms with van der Waals surface area (Å²) in [5.74, 6) is 0.552. The highest BCUT2D eigenvalue weighted by Gasteiger charge is 2.18. The van der Waals surface area contributed by atoms with E-state index in [0.29, 0.717) is 11.4 Å². The fourth-order valence-corrected chi connectivity index (χ4v) is 3.13. The van der Waals surface area contributed by atoms with Crippen molar-refractivity contribution in [2.45, 2.75) is 13.0 Å². The molecule has 3 aromatic rings. The van der Waals surface area contributed by atoms with Crippen LogP contribution in [0.5, 0.6) is 5.75 Å². The van der Waals surface area contributed by atoms with E-state index >= 15 is 0 Å². The third-order valence-corrected chi connectivity index (χ3v) is 4.49. The molecule has 3 heterocycles. The van der Waals surface area contributed by atoms with Crippen molar-refractivity contribution in [1.82, 2.24) is 9.97 Å². The molecule has 2 aromatic heterocycles. The SMILES string of the molecule is CC(Nc1ccnc2cc(Br)cnc12)c1ccc2c(c1)NC(=O)CO2. The largest absolute Gasteiger partial charge is 0.482 e. The van der Waals surface area contributed by atoms with Gasteiger partial charge in [-0.3, -0.25) is 14.8 Å². The first-order valence-corrected chi connectivity index (χ1v) is 8.63. The molecular formula is C18H15BrN4O2. The van der Waals surface area contributed by atoms with Crippen molar-refractivity contribution in [2.24, 2.45) is 0 Å². The van der Waals surface area contributed by atoms with E-state index in [9.17, 15) is 4.79 Å². The lowest BCUT2D eigenvalue weighted by Crippen LogP contribution is -2.25. The lowest BCUT2D eigenvalue weighted by Gasteiger charge is -2.21. The minimum atomic E-state index is -0.139.